The van der Waals surface area contributed by atoms with Crippen LogP contribution in [0, 0.1) is 0 Å². The number of alkyl halides is 3. The average Bonchev–Trinajstić information content (AvgIpc) is 2.95. The summed E-state index contributed by atoms with van der Waals surface area (Å²) in [5, 5.41) is 4.37. The van der Waals surface area contributed by atoms with Crippen molar-refractivity contribution < 1.29 is 9.53 Å². The van der Waals surface area contributed by atoms with Gasteiger partial charge in [0.2, 0.25) is 3.79 Å². The summed E-state index contributed by atoms with van der Waals surface area (Å²) < 4.78 is 3.42. The standard InChI is InChI=1S/C15H17Cl5N2O2/c1-22(14(23)24-8-15(18,19)20)13-4-2-3-12(13)21-9-5-6-10(16)11(17)7-9/h5-7,12-13,21H,2-4,8H2,1H3/t12-,13-/m1/s1. The molecule has 134 valence electrons. The number of benzene rings is 1. The molecule has 1 amide bonds. The first-order valence-corrected chi connectivity index (χ1v) is 9.24. The highest BCUT2D eigenvalue weighted by molar-refractivity contribution is 6.67. The summed E-state index contributed by atoms with van der Waals surface area (Å²) in [4.78, 5) is 13.7. The third kappa shape index (κ3) is 5.63. The van der Waals surface area contributed by atoms with E-state index in [9.17, 15) is 4.79 Å². The predicted octanol–water partition coefficient (Wildman–Crippen LogP) is 5.77. The van der Waals surface area contributed by atoms with Crippen molar-refractivity contribution in [2.24, 2.45) is 0 Å². The van der Waals surface area contributed by atoms with Crippen LogP contribution in [0.25, 0.3) is 0 Å². The fraction of sp³-hybridized carbons (Fsp3) is 0.533. The van der Waals surface area contributed by atoms with Gasteiger partial charge >= 0.3 is 6.09 Å². The lowest BCUT2D eigenvalue weighted by Crippen LogP contribution is -2.45. The topological polar surface area (TPSA) is 41.6 Å². The van der Waals surface area contributed by atoms with Crippen LogP contribution in [0.15, 0.2) is 18.2 Å². The number of carbonyl (C=O) groups excluding carboxylic acids is 1. The molecule has 0 aromatic heterocycles. The van der Waals surface area contributed by atoms with Crippen molar-refractivity contribution in [3.05, 3.63) is 28.2 Å². The van der Waals surface area contributed by atoms with Crippen molar-refractivity contribution in [2.45, 2.75) is 35.1 Å². The van der Waals surface area contributed by atoms with Crippen LogP contribution in [-0.4, -0.2) is 40.5 Å². The number of rotatable bonds is 4. The second-order valence-electron chi connectivity index (χ2n) is 5.66. The molecule has 2 atom stereocenters. The maximum atomic E-state index is 12.1. The Morgan fingerprint density at radius 2 is 2.00 bits per heavy atom. The zero-order valence-electron chi connectivity index (χ0n) is 12.9. The predicted molar refractivity (Wildman–Crippen MR) is 101 cm³/mol. The Morgan fingerprint density at radius 3 is 2.62 bits per heavy atom. The van der Waals surface area contributed by atoms with Crippen LogP contribution in [0.4, 0.5) is 10.5 Å². The van der Waals surface area contributed by atoms with E-state index in [1.165, 1.54) is 0 Å². The van der Waals surface area contributed by atoms with E-state index in [0.29, 0.717) is 10.0 Å². The highest BCUT2D eigenvalue weighted by Crippen LogP contribution is 2.31. The quantitative estimate of drug-likeness (QED) is 0.612. The molecule has 0 radical (unpaired) electrons. The van der Waals surface area contributed by atoms with Gasteiger partial charge in [0.25, 0.3) is 0 Å². The van der Waals surface area contributed by atoms with Gasteiger partial charge in [0.15, 0.2) is 0 Å². The fourth-order valence-electron chi connectivity index (χ4n) is 2.75. The first kappa shape index (κ1) is 20.1. The third-order valence-electron chi connectivity index (χ3n) is 3.90. The second-order valence-corrected chi connectivity index (χ2v) is 8.99. The van der Waals surface area contributed by atoms with E-state index in [4.69, 9.17) is 62.7 Å². The van der Waals surface area contributed by atoms with Crippen molar-refractivity contribution in [3.63, 3.8) is 0 Å². The van der Waals surface area contributed by atoms with Crippen LogP contribution in [0.1, 0.15) is 19.3 Å². The van der Waals surface area contributed by atoms with Crippen LogP contribution < -0.4 is 5.32 Å². The lowest BCUT2D eigenvalue weighted by molar-refractivity contribution is 0.0976. The van der Waals surface area contributed by atoms with E-state index >= 15 is 0 Å². The lowest BCUT2D eigenvalue weighted by atomic mass is 10.1. The Balaban J connectivity index is 1.98. The van der Waals surface area contributed by atoms with Crippen molar-refractivity contribution in [2.75, 3.05) is 19.0 Å². The molecule has 1 aliphatic rings. The van der Waals surface area contributed by atoms with Crippen molar-refractivity contribution >= 4 is 69.8 Å². The summed E-state index contributed by atoms with van der Waals surface area (Å²) in [6.07, 6.45) is 2.26. The number of hydrogen-bond acceptors (Lipinski definition) is 3. The number of ether oxygens (including phenoxy) is 1. The molecule has 0 unspecified atom stereocenters. The van der Waals surface area contributed by atoms with E-state index in [2.05, 4.69) is 5.32 Å². The molecule has 1 aliphatic carbocycles. The Kier molecular flexibility index (Phi) is 7.03. The average molecular weight is 435 g/mol. The van der Waals surface area contributed by atoms with E-state index in [0.717, 1.165) is 24.9 Å². The fourth-order valence-corrected chi connectivity index (χ4v) is 3.21. The molecule has 0 bridgehead atoms. The molecule has 9 heteroatoms. The summed E-state index contributed by atoms with van der Waals surface area (Å²) in [7, 11) is 1.68. The molecular formula is C15H17Cl5N2O2. The van der Waals surface area contributed by atoms with Gasteiger partial charge in [-0.25, -0.2) is 4.79 Å². The number of nitrogens with one attached hydrogen (secondary N) is 1. The first-order chi connectivity index (χ1) is 11.2. The van der Waals surface area contributed by atoms with Gasteiger partial charge in [-0.1, -0.05) is 58.0 Å². The summed E-state index contributed by atoms with van der Waals surface area (Å²) in [5.41, 5.74) is 0.851. The Morgan fingerprint density at radius 1 is 1.29 bits per heavy atom. The molecule has 0 spiro atoms. The van der Waals surface area contributed by atoms with Crippen molar-refractivity contribution in [1.82, 2.24) is 4.90 Å². The maximum Gasteiger partial charge on any atom is 0.409 e. The number of likely N-dealkylation sites (N-methyl/N-ethyl adjacent to an activating group) is 1. The molecule has 1 aromatic carbocycles. The van der Waals surface area contributed by atoms with Crippen LogP contribution in [-0.2, 0) is 4.74 Å². The molecule has 0 heterocycles. The minimum absolute atomic E-state index is 0.0256. The molecule has 2 rings (SSSR count). The molecule has 1 saturated carbocycles. The number of hydrogen-bond donors (Lipinski definition) is 1. The second kappa shape index (κ2) is 8.41. The van der Waals surface area contributed by atoms with Gasteiger partial charge in [-0.15, -0.1) is 0 Å². The summed E-state index contributed by atoms with van der Waals surface area (Å²) in [6.45, 7) is -0.293. The third-order valence-corrected chi connectivity index (χ3v) is 4.96. The number of anilines is 1. The minimum Gasteiger partial charge on any atom is -0.445 e. The van der Waals surface area contributed by atoms with Gasteiger partial charge in [0.05, 0.1) is 16.1 Å². The van der Waals surface area contributed by atoms with Gasteiger partial charge in [-0.2, -0.15) is 0 Å². The van der Waals surface area contributed by atoms with E-state index in [-0.39, 0.29) is 18.7 Å². The monoisotopic (exact) mass is 432 g/mol. The largest absolute Gasteiger partial charge is 0.445 e. The highest BCUT2D eigenvalue weighted by atomic mass is 35.6. The van der Waals surface area contributed by atoms with Gasteiger partial charge in [-0.05, 0) is 37.5 Å². The van der Waals surface area contributed by atoms with Crippen LogP contribution in [0.5, 0.6) is 0 Å². The molecular weight excluding hydrogens is 417 g/mol. The van der Waals surface area contributed by atoms with Gasteiger partial charge in [-0.3, -0.25) is 0 Å². The molecule has 4 nitrogen and oxygen atoms in total. The Labute approximate surface area is 166 Å². The maximum absolute atomic E-state index is 12.1. The summed E-state index contributed by atoms with van der Waals surface area (Å²) in [5.74, 6) is 0. The van der Waals surface area contributed by atoms with E-state index in [1.807, 2.05) is 6.07 Å². The van der Waals surface area contributed by atoms with Crippen LogP contribution >= 0.6 is 58.0 Å². The first-order valence-electron chi connectivity index (χ1n) is 7.35. The zero-order valence-corrected chi connectivity index (χ0v) is 16.6. The number of halogens is 5. The SMILES string of the molecule is CN(C(=O)OCC(Cl)(Cl)Cl)[C@@H]1CCC[C@H]1Nc1ccc(Cl)c(Cl)c1. The smallest absolute Gasteiger partial charge is 0.409 e. The highest BCUT2D eigenvalue weighted by Gasteiger charge is 2.34. The van der Waals surface area contributed by atoms with Crippen LogP contribution in [0.2, 0.25) is 10.0 Å². The number of nitrogens with zero attached hydrogens (tertiary/aromatic N) is 1. The summed E-state index contributed by atoms with van der Waals surface area (Å²) >= 11 is 28.8. The van der Waals surface area contributed by atoms with Gasteiger partial charge in [0, 0.05) is 18.8 Å². The molecule has 24 heavy (non-hydrogen) atoms. The van der Waals surface area contributed by atoms with E-state index in [1.54, 1.807) is 24.1 Å². The lowest BCUT2D eigenvalue weighted by Gasteiger charge is -2.30. The zero-order chi connectivity index (χ0) is 17.9. The number of carbonyl (C=O) groups is 1. The van der Waals surface area contributed by atoms with Crippen molar-refractivity contribution in [1.29, 1.82) is 0 Å². The van der Waals surface area contributed by atoms with Crippen LogP contribution in [0.3, 0.4) is 0 Å². The van der Waals surface area contributed by atoms with Gasteiger partial charge < -0.3 is 15.0 Å². The minimum atomic E-state index is -1.62. The van der Waals surface area contributed by atoms with E-state index < -0.39 is 9.89 Å². The number of amides is 1. The molecule has 1 fully saturated rings. The Hall–Kier alpha value is -0.260. The van der Waals surface area contributed by atoms with Gasteiger partial charge in [0.1, 0.15) is 6.61 Å². The molecule has 1 aromatic rings. The molecule has 0 saturated heterocycles. The molecule has 1 N–H and O–H groups in total. The van der Waals surface area contributed by atoms with Crippen molar-refractivity contribution in [3.8, 4) is 0 Å². The summed E-state index contributed by atoms with van der Waals surface area (Å²) in [6, 6.07) is 5.40. The Bertz CT molecular complexity index is 594. The molecule has 0 aliphatic heterocycles. The normalized spacial score (nSPS) is 20.8.